The molecule has 1 unspecified atom stereocenters. The monoisotopic (exact) mass is 258 g/mol. The minimum Gasteiger partial charge on any atom is -0.388 e. The van der Waals surface area contributed by atoms with Crippen molar-refractivity contribution in [2.45, 2.75) is 20.0 Å². The number of aliphatic hydroxyl groups excluding tert-OH is 1. The Hall–Kier alpha value is -0.770. The minimum atomic E-state index is -0.658. The zero-order valence-electron chi connectivity index (χ0n) is 8.96. The number of rotatable bonds is 2. The molecule has 0 aliphatic carbocycles. The molecule has 0 spiro atoms. The molecular weight excluding hydrogens is 247 g/mol. The zero-order valence-corrected chi connectivity index (χ0v) is 10.5. The average Bonchev–Trinajstić information content (AvgIpc) is 2.66. The van der Waals surface area contributed by atoms with E-state index in [0.717, 1.165) is 10.9 Å². The van der Waals surface area contributed by atoms with Crippen molar-refractivity contribution in [2.24, 2.45) is 5.92 Å². The third kappa shape index (κ3) is 1.79. The molecule has 16 heavy (non-hydrogen) atoms. The van der Waals surface area contributed by atoms with Gasteiger partial charge in [0.25, 0.3) is 0 Å². The predicted octanol–water partition coefficient (Wildman–Crippen LogP) is 3.56. The highest BCUT2D eigenvalue weighted by molar-refractivity contribution is 6.43. The number of aromatic nitrogens is 2. The third-order valence-electron chi connectivity index (χ3n) is 2.59. The molecule has 2 rings (SSSR count). The number of hydrogen-bond donors (Lipinski definition) is 2. The Balaban J connectivity index is 2.73. The summed E-state index contributed by atoms with van der Waals surface area (Å²) < 4.78 is 0. The summed E-state index contributed by atoms with van der Waals surface area (Å²) in [6.45, 7) is 3.84. The standard InChI is InChI=1S/C11H12Cl2N2O/c1-5(2)11(16)8-9(13)7(12)3-6-4-14-15-10(6)8/h3-5,11,16H,1-2H3,(H,14,15). The molecule has 2 aromatic rings. The maximum atomic E-state index is 10.1. The summed E-state index contributed by atoms with van der Waals surface area (Å²) in [5.41, 5.74) is 1.37. The van der Waals surface area contributed by atoms with Crippen molar-refractivity contribution in [2.75, 3.05) is 0 Å². The average molecular weight is 259 g/mol. The molecule has 1 aromatic carbocycles. The molecule has 1 atom stereocenters. The van der Waals surface area contributed by atoms with Crippen molar-refractivity contribution >= 4 is 34.1 Å². The van der Waals surface area contributed by atoms with Crippen LogP contribution in [0.3, 0.4) is 0 Å². The fraction of sp³-hybridized carbons (Fsp3) is 0.364. The van der Waals surface area contributed by atoms with Crippen LogP contribution in [-0.2, 0) is 0 Å². The summed E-state index contributed by atoms with van der Waals surface area (Å²) in [4.78, 5) is 0. The number of nitrogens with zero attached hydrogens (tertiary/aromatic N) is 1. The van der Waals surface area contributed by atoms with E-state index in [1.807, 2.05) is 13.8 Å². The van der Waals surface area contributed by atoms with Crippen LogP contribution in [0.4, 0.5) is 0 Å². The maximum Gasteiger partial charge on any atom is 0.0849 e. The number of fused-ring (bicyclic) bond motifs is 1. The normalized spacial score (nSPS) is 13.6. The molecule has 5 heteroatoms. The van der Waals surface area contributed by atoms with Crippen molar-refractivity contribution in [1.29, 1.82) is 0 Å². The second-order valence-electron chi connectivity index (χ2n) is 4.11. The topological polar surface area (TPSA) is 48.9 Å². The number of hydrogen-bond acceptors (Lipinski definition) is 2. The Kier molecular flexibility index (Phi) is 3.10. The maximum absolute atomic E-state index is 10.1. The first-order valence-electron chi connectivity index (χ1n) is 5.01. The van der Waals surface area contributed by atoms with Gasteiger partial charge in [0.15, 0.2) is 0 Å². The van der Waals surface area contributed by atoms with Crippen LogP contribution in [0, 0.1) is 5.92 Å². The van der Waals surface area contributed by atoms with E-state index < -0.39 is 6.10 Å². The summed E-state index contributed by atoms with van der Waals surface area (Å²) in [6.07, 6.45) is 1.00. The van der Waals surface area contributed by atoms with Gasteiger partial charge in [-0.05, 0) is 12.0 Å². The van der Waals surface area contributed by atoms with Gasteiger partial charge in [0.05, 0.1) is 27.9 Å². The number of H-pyrrole nitrogens is 1. The third-order valence-corrected chi connectivity index (χ3v) is 3.40. The highest BCUT2D eigenvalue weighted by Gasteiger charge is 2.21. The molecule has 86 valence electrons. The number of benzene rings is 1. The van der Waals surface area contributed by atoms with Crippen molar-refractivity contribution in [3.05, 3.63) is 27.9 Å². The van der Waals surface area contributed by atoms with E-state index >= 15 is 0 Å². The van der Waals surface area contributed by atoms with Gasteiger partial charge in [0, 0.05) is 10.9 Å². The molecule has 3 nitrogen and oxygen atoms in total. The lowest BCUT2D eigenvalue weighted by atomic mass is 9.97. The van der Waals surface area contributed by atoms with E-state index in [4.69, 9.17) is 23.2 Å². The lowest BCUT2D eigenvalue weighted by Crippen LogP contribution is -2.07. The van der Waals surface area contributed by atoms with Crippen molar-refractivity contribution in [3.63, 3.8) is 0 Å². The largest absolute Gasteiger partial charge is 0.388 e. The van der Waals surface area contributed by atoms with Crippen molar-refractivity contribution in [3.8, 4) is 0 Å². The van der Waals surface area contributed by atoms with E-state index in [2.05, 4.69) is 10.2 Å². The number of aromatic amines is 1. The van der Waals surface area contributed by atoms with Gasteiger partial charge in [-0.15, -0.1) is 0 Å². The Morgan fingerprint density at radius 2 is 2.06 bits per heavy atom. The zero-order chi connectivity index (χ0) is 11.9. The highest BCUT2D eigenvalue weighted by Crippen LogP contribution is 2.38. The molecule has 2 N–H and O–H groups in total. The van der Waals surface area contributed by atoms with Gasteiger partial charge >= 0.3 is 0 Å². The molecular formula is C11H12Cl2N2O. The van der Waals surface area contributed by atoms with E-state index in [1.54, 1.807) is 12.3 Å². The lowest BCUT2D eigenvalue weighted by molar-refractivity contribution is 0.128. The molecule has 0 radical (unpaired) electrons. The smallest absolute Gasteiger partial charge is 0.0849 e. The Bertz CT molecular complexity index is 522. The van der Waals surface area contributed by atoms with Crippen LogP contribution in [0.2, 0.25) is 10.0 Å². The Labute approximate surface area is 103 Å². The van der Waals surface area contributed by atoms with Gasteiger partial charge < -0.3 is 5.11 Å². The Morgan fingerprint density at radius 3 is 2.69 bits per heavy atom. The van der Waals surface area contributed by atoms with Crippen LogP contribution in [0.15, 0.2) is 12.3 Å². The lowest BCUT2D eigenvalue weighted by Gasteiger charge is -2.17. The molecule has 0 bridgehead atoms. The van der Waals surface area contributed by atoms with Gasteiger partial charge in [-0.3, -0.25) is 5.10 Å². The van der Waals surface area contributed by atoms with Crippen LogP contribution in [0.1, 0.15) is 25.5 Å². The summed E-state index contributed by atoms with van der Waals surface area (Å²) in [5.74, 6) is 0.0578. The van der Waals surface area contributed by atoms with Gasteiger partial charge in [-0.25, -0.2) is 0 Å². The molecule has 0 amide bonds. The molecule has 0 saturated carbocycles. The van der Waals surface area contributed by atoms with Gasteiger partial charge in [0.2, 0.25) is 0 Å². The number of aliphatic hydroxyl groups is 1. The molecule has 1 aromatic heterocycles. The molecule has 0 fully saturated rings. The quantitative estimate of drug-likeness (QED) is 0.866. The van der Waals surface area contributed by atoms with Crippen molar-refractivity contribution in [1.82, 2.24) is 10.2 Å². The second-order valence-corrected chi connectivity index (χ2v) is 4.89. The van der Waals surface area contributed by atoms with Crippen LogP contribution >= 0.6 is 23.2 Å². The first-order chi connectivity index (χ1) is 7.52. The predicted molar refractivity (Wildman–Crippen MR) is 65.9 cm³/mol. The first kappa shape index (κ1) is 11.7. The summed E-state index contributed by atoms with van der Waals surface area (Å²) in [6, 6.07) is 1.74. The fourth-order valence-corrected chi connectivity index (χ4v) is 2.15. The number of nitrogens with one attached hydrogen (secondary N) is 1. The Morgan fingerprint density at radius 1 is 1.38 bits per heavy atom. The van der Waals surface area contributed by atoms with Gasteiger partial charge in [-0.2, -0.15) is 5.10 Å². The SMILES string of the molecule is CC(C)C(O)c1c(Cl)c(Cl)cc2cn[nH]c12. The molecule has 0 aliphatic rings. The summed E-state index contributed by atoms with van der Waals surface area (Å²) in [7, 11) is 0. The molecule has 0 saturated heterocycles. The molecule has 1 heterocycles. The number of halogens is 2. The van der Waals surface area contributed by atoms with E-state index in [-0.39, 0.29) is 5.92 Å². The van der Waals surface area contributed by atoms with Crippen LogP contribution in [0.5, 0.6) is 0 Å². The fourth-order valence-electron chi connectivity index (χ4n) is 1.67. The minimum absolute atomic E-state index is 0.0578. The highest BCUT2D eigenvalue weighted by atomic mass is 35.5. The second kappa shape index (κ2) is 4.24. The van der Waals surface area contributed by atoms with Gasteiger partial charge in [-0.1, -0.05) is 37.0 Å². The van der Waals surface area contributed by atoms with Crippen LogP contribution in [0.25, 0.3) is 10.9 Å². The molecule has 0 aliphatic heterocycles. The van der Waals surface area contributed by atoms with E-state index in [1.165, 1.54) is 0 Å². The van der Waals surface area contributed by atoms with Crippen LogP contribution < -0.4 is 0 Å². The summed E-state index contributed by atoms with van der Waals surface area (Å²) in [5, 5.41) is 18.6. The van der Waals surface area contributed by atoms with Gasteiger partial charge in [0.1, 0.15) is 0 Å². The van der Waals surface area contributed by atoms with Crippen molar-refractivity contribution < 1.29 is 5.11 Å². The summed E-state index contributed by atoms with van der Waals surface area (Å²) >= 11 is 12.1. The first-order valence-corrected chi connectivity index (χ1v) is 5.77. The van der Waals surface area contributed by atoms with Crippen LogP contribution in [-0.4, -0.2) is 15.3 Å². The van der Waals surface area contributed by atoms with E-state index in [9.17, 15) is 5.11 Å². The van der Waals surface area contributed by atoms with E-state index in [0.29, 0.717) is 15.6 Å².